The van der Waals surface area contributed by atoms with Crippen LogP contribution in [0.25, 0.3) is 11.1 Å². The summed E-state index contributed by atoms with van der Waals surface area (Å²) in [5.41, 5.74) is 0.874. The molecule has 0 bridgehead atoms. The summed E-state index contributed by atoms with van der Waals surface area (Å²) < 4.78 is 26.9. The first-order valence-corrected chi connectivity index (χ1v) is 5.69. The number of pyridine rings is 1. The predicted molar refractivity (Wildman–Crippen MR) is 64.2 cm³/mol. The van der Waals surface area contributed by atoms with Crippen molar-refractivity contribution in [1.29, 1.82) is 0 Å². The normalized spacial score (nSPS) is 10.6. The van der Waals surface area contributed by atoms with Gasteiger partial charge in [0.05, 0.1) is 17.8 Å². The van der Waals surface area contributed by atoms with Crippen molar-refractivity contribution in [3.63, 3.8) is 0 Å². The van der Waals surface area contributed by atoms with Gasteiger partial charge in [-0.25, -0.2) is 8.78 Å². The summed E-state index contributed by atoms with van der Waals surface area (Å²) in [5.74, 6) is -1.93. The standard InChI is InChI=1S/C12H7Cl2F2N/c13-5-10-11(12(16)9(15)6-17-10)7-1-3-8(14)4-2-7/h1-4,6H,5H2. The van der Waals surface area contributed by atoms with Crippen LogP contribution in [0.4, 0.5) is 8.78 Å². The van der Waals surface area contributed by atoms with Gasteiger partial charge in [0, 0.05) is 10.6 Å². The fourth-order valence-electron chi connectivity index (χ4n) is 1.51. The van der Waals surface area contributed by atoms with Gasteiger partial charge in [-0.3, -0.25) is 4.98 Å². The van der Waals surface area contributed by atoms with Gasteiger partial charge in [-0.1, -0.05) is 23.7 Å². The topological polar surface area (TPSA) is 12.9 Å². The van der Waals surface area contributed by atoms with Crippen LogP contribution in [0.2, 0.25) is 5.02 Å². The SMILES string of the molecule is Fc1cnc(CCl)c(-c2ccc(Cl)cc2)c1F. The van der Waals surface area contributed by atoms with Crippen molar-refractivity contribution in [2.75, 3.05) is 0 Å². The van der Waals surface area contributed by atoms with Crippen molar-refractivity contribution in [2.45, 2.75) is 5.88 Å². The van der Waals surface area contributed by atoms with E-state index in [1.807, 2.05) is 0 Å². The van der Waals surface area contributed by atoms with Gasteiger partial charge in [0.1, 0.15) is 0 Å². The van der Waals surface area contributed by atoms with E-state index in [0.29, 0.717) is 16.3 Å². The maximum Gasteiger partial charge on any atom is 0.177 e. The molecule has 0 saturated carbocycles. The number of benzene rings is 1. The smallest absolute Gasteiger partial charge is 0.177 e. The Morgan fingerprint density at radius 1 is 1.12 bits per heavy atom. The molecule has 0 N–H and O–H groups in total. The lowest BCUT2D eigenvalue weighted by atomic mass is 10.0. The summed E-state index contributed by atoms with van der Waals surface area (Å²) in [7, 11) is 0. The van der Waals surface area contributed by atoms with Crippen LogP contribution < -0.4 is 0 Å². The third kappa shape index (κ3) is 2.40. The van der Waals surface area contributed by atoms with Crippen LogP contribution in [-0.2, 0) is 5.88 Å². The number of hydrogen-bond donors (Lipinski definition) is 0. The molecule has 1 aromatic carbocycles. The molecule has 2 aromatic rings. The second kappa shape index (κ2) is 4.98. The van der Waals surface area contributed by atoms with Crippen molar-refractivity contribution in [1.82, 2.24) is 4.98 Å². The molecule has 1 nitrogen and oxygen atoms in total. The fraction of sp³-hybridized carbons (Fsp3) is 0.0833. The highest BCUT2D eigenvalue weighted by Gasteiger charge is 2.16. The van der Waals surface area contributed by atoms with Gasteiger partial charge >= 0.3 is 0 Å². The second-order valence-electron chi connectivity index (χ2n) is 3.38. The van der Waals surface area contributed by atoms with Gasteiger partial charge < -0.3 is 0 Å². The molecule has 88 valence electrons. The average molecular weight is 274 g/mol. The van der Waals surface area contributed by atoms with E-state index in [9.17, 15) is 8.78 Å². The van der Waals surface area contributed by atoms with E-state index in [1.165, 1.54) is 0 Å². The molecule has 17 heavy (non-hydrogen) atoms. The molecular formula is C12H7Cl2F2N. The Morgan fingerprint density at radius 3 is 2.35 bits per heavy atom. The Balaban J connectivity index is 2.64. The van der Waals surface area contributed by atoms with E-state index >= 15 is 0 Å². The van der Waals surface area contributed by atoms with Gasteiger partial charge in [-0.05, 0) is 17.7 Å². The molecule has 0 fully saturated rings. The first kappa shape index (κ1) is 12.3. The summed E-state index contributed by atoms with van der Waals surface area (Å²) in [5, 5.41) is 0.519. The minimum absolute atomic E-state index is 0.00909. The monoisotopic (exact) mass is 273 g/mol. The third-order valence-corrected chi connectivity index (χ3v) is 2.82. The summed E-state index contributed by atoms with van der Waals surface area (Å²) in [6, 6.07) is 6.38. The molecule has 0 aliphatic rings. The van der Waals surface area contributed by atoms with Gasteiger partial charge in [0.15, 0.2) is 11.6 Å². The van der Waals surface area contributed by atoms with E-state index < -0.39 is 11.6 Å². The van der Waals surface area contributed by atoms with Crippen LogP contribution in [0.5, 0.6) is 0 Å². The molecule has 0 amide bonds. The minimum atomic E-state index is -0.996. The Bertz CT molecular complexity index is 541. The number of nitrogens with zero attached hydrogens (tertiary/aromatic N) is 1. The molecule has 0 radical (unpaired) electrons. The lowest BCUT2D eigenvalue weighted by Crippen LogP contribution is -1.98. The Morgan fingerprint density at radius 2 is 1.76 bits per heavy atom. The van der Waals surface area contributed by atoms with Crippen molar-refractivity contribution in [3.8, 4) is 11.1 Å². The summed E-state index contributed by atoms with van der Waals surface area (Å²) >= 11 is 11.4. The van der Waals surface area contributed by atoms with Crippen LogP contribution in [0.1, 0.15) is 5.69 Å². The molecule has 0 aliphatic carbocycles. The van der Waals surface area contributed by atoms with E-state index in [-0.39, 0.29) is 11.4 Å². The predicted octanol–water partition coefficient (Wildman–Crippen LogP) is 4.42. The number of aromatic nitrogens is 1. The zero-order chi connectivity index (χ0) is 12.4. The zero-order valence-corrected chi connectivity index (χ0v) is 10.1. The van der Waals surface area contributed by atoms with Crippen LogP contribution in [0, 0.1) is 11.6 Å². The van der Waals surface area contributed by atoms with E-state index in [4.69, 9.17) is 23.2 Å². The largest absolute Gasteiger partial charge is 0.256 e. The van der Waals surface area contributed by atoms with E-state index in [1.54, 1.807) is 24.3 Å². The lowest BCUT2D eigenvalue weighted by molar-refractivity contribution is 0.505. The maximum absolute atomic E-state index is 13.7. The zero-order valence-electron chi connectivity index (χ0n) is 8.55. The average Bonchev–Trinajstić information content (AvgIpc) is 2.34. The van der Waals surface area contributed by atoms with Gasteiger partial charge in [0.25, 0.3) is 0 Å². The van der Waals surface area contributed by atoms with E-state index in [2.05, 4.69) is 4.98 Å². The molecule has 1 heterocycles. The quantitative estimate of drug-likeness (QED) is 0.739. The summed E-state index contributed by atoms with van der Waals surface area (Å²) in [4.78, 5) is 3.78. The maximum atomic E-state index is 13.7. The summed E-state index contributed by atoms with van der Waals surface area (Å²) in [6.07, 6.45) is 0.826. The first-order valence-electron chi connectivity index (χ1n) is 4.78. The molecule has 0 atom stereocenters. The third-order valence-electron chi connectivity index (χ3n) is 2.31. The van der Waals surface area contributed by atoms with E-state index in [0.717, 1.165) is 6.20 Å². The number of alkyl halides is 1. The van der Waals surface area contributed by atoms with Gasteiger partial charge in [-0.15, -0.1) is 11.6 Å². The minimum Gasteiger partial charge on any atom is -0.256 e. The van der Waals surface area contributed by atoms with Crippen molar-refractivity contribution in [2.24, 2.45) is 0 Å². The fourth-order valence-corrected chi connectivity index (χ4v) is 1.84. The molecule has 2 rings (SSSR count). The molecule has 5 heteroatoms. The first-order chi connectivity index (χ1) is 8.13. The van der Waals surface area contributed by atoms with Crippen molar-refractivity contribution >= 4 is 23.2 Å². The Hall–Kier alpha value is -1.19. The molecule has 0 spiro atoms. The Kier molecular flexibility index (Phi) is 3.60. The highest BCUT2D eigenvalue weighted by atomic mass is 35.5. The molecule has 0 unspecified atom stereocenters. The molecular weight excluding hydrogens is 267 g/mol. The second-order valence-corrected chi connectivity index (χ2v) is 4.09. The molecule has 1 aromatic heterocycles. The lowest BCUT2D eigenvalue weighted by Gasteiger charge is -2.08. The number of hydrogen-bond acceptors (Lipinski definition) is 1. The summed E-state index contributed by atoms with van der Waals surface area (Å²) in [6.45, 7) is 0. The van der Waals surface area contributed by atoms with Gasteiger partial charge in [0.2, 0.25) is 0 Å². The Labute approximate surface area is 107 Å². The van der Waals surface area contributed by atoms with Gasteiger partial charge in [-0.2, -0.15) is 0 Å². The highest BCUT2D eigenvalue weighted by Crippen LogP contribution is 2.29. The van der Waals surface area contributed by atoms with Crippen LogP contribution in [0.15, 0.2) is 30.5 Å². The van der Waals surface area contributed by atoms with Crippen molar-refractivity contribution < 1.29 is 8.78 Å². The highest BCUT2D eigenvalue weighted by molar-refractivity contribution is 6.30. The number of halogens is 4. The van der Waals surface area contributed by atoms with Crippen molar-refractivity contribution in [3.05, 3.63) is 52.8 Å². The number of rotatable bonds is 2. The molecule has 0 aliphatic heterocycles. The van der Waals surface area contributed by atoms with Crippen LogP contribution in [-0.4, -0.2) is 4.98 Å². The molecule has 0 saturated heterocycles. The van der Waals surface area contributed by atoms with Crippen LogP contribution >= 0.6 is 23.2 Å². The van der Waals surface area contributed by atoms with Crippen LogP contribution in [0.3, 0.4) is 0 Å².